The number of nitrogens with zero attached hydrogens (tertiary/aromatic N) is 4. The fourth-order valence-electron chi connectivity index (χ4n) is 2.39. The first-order chi connectivity index (χ1) is 12.0. The second-order valence-electron chi connectivity index (χ2n) is 5.23. The smallest absolute Gasteiger partial charge is 0.341 e. The van der Waals surface area contributed by atoms with E-state index in [0.717, 1.165) is 11.3 Å². The van der Waals surface area contributed by atoms with Crippen molar-refractivity contribution in [2.45, 2.75) is 0 Å². The lowest BCUT2D eigenvalue weighted by atomic mass is 10.3. The lowest BCUT2D eigenvalue weighted by molar-refractivity contribution is -0.134. The predicted molar refractivity (Wildman–Crippen MR) is 95.4 cm³/mol. The maximum absolute atomic E-state index is 12.2. The first-order valence-corrected chi connectivity index (χ1v) is 9.03. The lowest BCUT2D eigenvalue weighted by Gasteiger charge is -2.34. The Morgan fingerprint density at radius 2 is 1.84 bits per heavy atom. The molecule has 0 aromatic carbocycles. The molecule has 1 aliphatic rings. The van der Waals surface area contributed by atoms with Crippen molar-refractivity contribution in [3.05, 3.63) is 38.8 Å². The summed E-state index contributed by atoms with van der Waals surface area (Å²) in [7, 11) is 0. The Labute approximate surface area is 158 Å². The number of carbonyl (C=O) groups is 2. The molecule has 2 aromatic heterocycles. The summed E-state index contributed by atoms with van der Waals surface area (Å²) in [4.78, 5) is 36.2. The third-order valence-electron chi connectivity index (χ3n) is 3.67. The SMILES string of the molecule is O=C(OCC(=O)N1CCN(c2ncccn2)CC1)c1cc(Cl)sc1Cl. The van der Waals surface area contributed by atoms with Crippen molar-refractivity contribution in [3.63, 3.8) is 0 Å². The van der Waals surface area contributed by atoms with Crippen molar-refractivity contribution in [1.29, 1.82) is 0 Å². The van der Waals surface area contributed by atoms with Gasteiger partial charge in [-0.3, -0.25) is 4.79 Å². The average Bonchev–Trinajstić information content (AvgIpc) is 2.98. The molecule has 0 unspecified atom stereocenters. The molecular formula is C15H14Cl2N4O3S. The van der Waals surface area contributed by atoms with Gasteiger partial charge in [-0.25, -0.2) is 14.8 Å². The van der Waals surface area contributed by atoms with Crippen LogP contribution in [0.5, 0.6) is 0 Å². The molecule has 3 heterocycles. The fraction of sp³-hybridized carbons (Fsp3) is 0.333. The fourth-order valence-corrected chi connectivity index (χ4v) is 3.83. The van der Waals surface area contributed by atoms with Gasteiger partial charge in [0.05, 0.1) is 9.90 Å². The van der Waals surface area contributed by atoms with Crippen molar-refractivity contribution in [1.82, 2.24) is 14.9 Å². The second kappa shape index (κ2) is 7.99. The molecule has 1 amide bonds. The van der Waals surface area contributed by atoms with E-state index in [0.29, 0.717) is 36.5 Å². The van der Waals surface area contributed by atoms with Gasteiger partial charge in [-0.2, -0.15) is 0 Å². The van der Waals surface area contributed by atoms with Crippen molar-refractivity contribution in [2.24, 2.45) is 0 Å². The van der Waals surface area contributed by atoms with Gasteiger partial charge in [0.2, 0.25) is 5.95 Å². The van der Waals surface area contributed by atoms with Crippen molar-refractivity contribution < 1.29 is 14.3 Å². The molecule has 25 heavy (non-hydrogen) atoms. The van der Waals surface area contributed by atoms with E-state index in [1.807, 2.05) is 4.90 Å². The third-order valence-corrected chi connectivity index (χ3v) is 5.16. The number of piperazine rings is 1. The van der Waals surface area contributed by atoms with Crippen molar-refractivity contribution in [3.8, 4) is 0 Å². The summed E-state index contributed by atoms with van der Waals surface area (Å²) in [6, 6.07) is 3.19. The Kier molecular flexibility index (Phi) is 5.72. The highest BCUT2D eigenvalue weighted by Crippen LogP contribution is 2.31. The van der Waals surface area contributed by atoms with E-state index in [2.05, 4.69) is 9.97 Å². The van der Waals surface area contributed by atoms with Gasteiger partial charge in [-0.1, -0.05) is 23.2 Å². The maximum atomic E-state index is 12.2. The summed E-state index contributed by atoms with van der Waals surface area (Å²) in [5.74, 6) is -0.262. The highest BCUT2D eigenvalue weighted by molar-refractivity contribution is 7.20. The van der Waals surface area contributed by atoms with Crippen LogP contribution in [-0.2, 0) is 9.53 Å². The zero-order valence-corrected chi connectivity index (χ0v) is 15.4. The zero-order valence-electron chi connectivity index (χ0n) is 13.0. The molecular weight excluding hydrogens is 387 g/mol. The average molecular weight is 401 g/mol. The van der Waals surface area contributed by atoms with Crippen LogP contribution in [0.4, 0.5) is 5.95 Å². The number of thiophene rings is 1. The highest BCUT2D eigenvalue weighted by atomic mass is 35.5. The number of carbonyl (C=O) groups excluding carboxylic acids is 2. The van der Waals surface area contributed by atoms with Crippen LogP contribution in [0.1, 0.15) is 10.4 Å². The number of esters is 1. The zero-order chi connectivity index (χ0) is 17.8. The van der Waals surface area contributed by atoms with Crippen molar-refractivity contribution >= 4 is 52.4 Å². The van der Waals surface area contributed by atoms with Gasteiger partial charge < -0.3 is 14.5 Å². The first kappa shape index (κ1) is 17.9. The molecule has 7 nitrogen and oxygen atoms in total. The van der Waals surface area contributed by atoms with Crippen LogP contribution < -0.4 is 4.90 Å². The van der Waals surface area contributed by atoms with Gasteiger partial charge in [-0.05, 0) is 12.1 Å². The molecule has 0 spiro atoms. The van der Waals surface area contributed by atoms with E-state index in [1.54, 1.807) is 23.4 Å². The van der Waals surface area contributed by atoms with Crippen LogP contribution in [0.15, 0.2) is 24.5 Å². The van der Waals surface area contributed by atoms with Gasteiger partial charge in [0.1, 0.15) is 4.34 Å². The van der Waals surface area contributed by atoms with Crippen LogP contribution in [0, 0.1) is 0 Å². The topological polar surface area (TPSA) is 75.6 Å². The summed E-state index contributed by atoms with van der Waals surface area (Å²) >= 11 is 12.8. The van der Waals surface area contributed by atoms with E-state index in [1.165, 1.54) is 6.07 Å². The number of hydrogen-bond donors (Lipinski definition) is 0. The summed E-state index contributed by atoms with van der Waals surface area (Å²) in [5, 5.41) is 0. The monoisotopic (exact) mass is 400 g/mol. The minimum atomic E-state index is -0.655. The number of ether oxygens (including phenoxy) is 1. The number of anilines is 1. The van der Waals surface area contributed by atoms with Crippen LogP contribution in [0.2, 0.25) is 8.67 Å². The van der Waals surface area contributed by atoms with Crippen molar-refractivity contribution in [2.75, 3.05) is 37.7 Å². The Bertz CT molecular complexity index is 763. The van der Waals surface area contributed by atoms with E-state index in [9.17, 15) is 9.59 Å². The van der Waals surface area contributed by atoms with Crippen LogP contribution in [0.3, 0.4) is 0 Å². The largest absolute Gasteiger partial charge is 0.452 e. The molecule has 1 saturated heterocycles. The molecule has 1 aliphatic heterocycles. The van der Waals surface area contributed by atoms with E-state index >= 15 is 0 Å². The Hall–Kier alpha value is -1.90. The van der Waals surface area contributed by atoms with E-state index < -0.39 is 5.97 Å². The van der Waals surface area contributed by atoms with Crippen LogP contribution in [0.25, 0.3) is 0 Å². The molecule has 132 valence electrons. The van der Waals surface area contributed by atoms with Gasteiger partial charge in [0, 0.05) is 38.6 Å². The molecule has 2 aromatic rings. The molecule has 1 fully saturated rings. The minimum Gasteiger partial charge on any atom is -0.452 e. The lowest BCUT2D eigenvalue weighted by Crippen LogP contribution is -2.50. The molecule has 0 saturated carbocycles. The number of aromatic nitrogens is 2. The van der Waals surface area contributed by atoms with Gasteiger partial charge in [0.15, 0.2) is 6.61 Å². The van der Waals surface area contributed by atoms with Gasteiger partial charge >= 0.3 is 5.97 Å². The summed E-state index contributed by atoms with van der Waals surface area (Å²) < 4.78 is 5.68. The predicted octanol–water partition coefficient (Wildman–Crippen LogP) is 2.35. The van der Waals surface area contributed by atoms with Crippen LogP contribution in [-0.4, -0.2) is 59.5 Å². The molecule has 0 atom stereocenters. The summed E-state index contributed by atoms with van der Waals surface area (Å²) in [5.41, 5.74) is 0.176. The van der Waals surface area contributed by atoms with Crippen LogP contribution >= 0.6 is 34.5 Å². The van der Waals surface area contributed by atoms with Gasteiger partial charge in [0.25, 0.3) is 5.91 Å². The summed E-state index contributed by atoms with van der Waals surface area (Å²) in [6.45, 7) is 1.94. The first-order valence-electron chi connectivity index (χ1n) is 7.46. The Morgan fingerprint density at radius 1 is 1.16 bits per heavy atom. The Morgan fingerprint density at radius 3 is 2.44 bits per heavy atom. The molecule has 3 rings (SSSR count). The number of amides is 1. The van der Waals surface area contributed by atoms with E-state index in [4.69, 9.17) is 27.9 Å². The van der Waals surface area contributed by atoms with E-state index in [-0.39, 0.29) is 22.4 Å². The quantitative estimate of drug-likeness (QED) is 0.733. The van der Waals surface area contributed by atoms with Gasteiger partial charge in [-0.15, -0.1) is 11.3 Å². The normalized spacial score (nSPS) is 14.5. The molecule has 0 bridgehead atoms. The highest BCUT2D eigenvalue weighted by Gasteiger charge is 2.24. The molecule has 10 heteroatoms. The number of hydrogen-bond acceptors (Lipinski definition) is 7. The standard InChI is InChI=1S/C15H14Cl2N4O3S/c16-11-8-10(13(17)25-11)14(23)24-9-12(22)20-4-6-21(7-5-20)15-18-2-1-3-19-15/h1-3,8H,4-7,9H2. The molecule has 0 N–H and O–H groups in total. The number of rotatable bonds is 4. The third kappa shape index (κ3) is 4.39. The summed E-state index contributed by atoms with van der Waals surface area (Å²) in [6.07, 6.45) is 3.36. The molecule has 0 aliphatic carbocycles. The molecule has 0 radical (unpaired) electrons. The minimum absolute atomic E-state index is 0.176. The Balaban J connectivity index is 1.48. The maximum Gasteiger partial charge on any atom is 0.341 e. The second-order valence-corrected chi connectivity index (χ2v) is 7.52. The number of halogens is 2.